The van der Waals surface area contributed by atoms with Gasteiger partial charge in [0.15, 0.2) is 5.69 Å². The van der Waals surface area contributed by atoms with E-state index in [1.807, 2.05) is 13.8 Å². The smallest absolute Gasteiger partial charge is 0.269 e. The first-order valence-corrected chi connectivity index (χ1v) is 4.74. The normalized spacial score (nSPS) is 12.9. The molecule has 0 aliphatic carbocycles. The molecule has 15 heavy (non-hydrogen) atoms. The average Bonchev–Trinajstić information content (AvgIpc) is 2.89. The van der Waals surface area contributed by atoms with Crippen LogP contribution in [-0.4, -0.2) is 32.2 Å². The molecule has 2 N–H and O–H groups in total. The van der Waals surface area contributed by atoms with Crippen molar-refractivity contribution in [3.8, 4) is 11.6 Å². The maximum atomic E-state index is 5.44. The lowest BCUT2D eigenvalue weighted by atomic mass is 10.3. The Kier molecular flexibility index (Phi) is 2.72. The number of aromatic amines is 1. The van der Waals surface area contributed by atoms with Gasteiger partial charge in [0.2, 0.25) is 5.89 Å². The maximum Gasteiger partial charge on any atom is 0.269 e. The summed E-state index contributed by atoms with van der Waals surface area (Å²) in [5.74, 6) is 0.929. The minimum atomic E-state index is 0.0446. The second-order valence-corrected chi connectivity index (χ2v) is 3.08. The summed E-state index contributed by atoms with van der Waals surface area (Å²) in [6.07, 6.45) is 1.54. The third kappa shape index (κ3) is 2.01. The topological polar surface area (TPSA) is 92.5 Å². The number of nitrogens with zero attached hydrogens (tertiary/aromatic N) is 4. The molecule has 80 valence electrons. The molecule has 2 aromatic rings. The van der Waals surface area contributed by atoms with Gasteiger partial charge >= 0.3 is 0 Å². The summed E-state index contributed by atoms with van der Waals surface area (Å²) in [6, 6.07) is 0.0446. The van der Waals surface area contributed by atoms with Gasteiger partial charge in [-0.15, -0.1) is 10.2 Å². The fraction of sp³-hybridized carbons (Fsp3) is 0.500. The molecule has 0 aromatic carbocycles. The molecular formula is C8H12N6O. The minimum Gasteiger partial charge on any atom is -0.417 e. The van der Waals surface area contributed by atoms with E-state index in [2.05, 4.69) is 30.9 Å². The predicted molar refractivity (Wildman–Crippen MR) is 51.8 cm³/mol. The minimum absolute atomic E-state index is 0.0446. The first-order valence-electron chi connectivity index (χ1n) is 4.74. The van der Waals surface area contributed by atoms with Gasteiger partial charge in [-0.05, 0) is 13.5 Å². The summed E-state index contributed by atoms with van der Waals surface area (Å²) in [5, 5.41) is 21.0. The SMILES string of the molecule is CCNC(C)c1nnc(-c2cn[nH]n2)o1. The molecule has 2 aromatic heterocycles. The lowest BCUT2D eigenvalue weighted by Crippen LogP contribution is -2.17. The molecule has 1 atom stereocenters. The Balaban J connectivity index is 2.17. The molecule has 2 heterocycles. The van der Waals surface area contributed by atoms with Gasteiger partial charge in [-0.1, -0.05) is 6.92 Å². The number of H-pyrrole nitrogens is 1. The zero-order valence-corrected chi connectivity index (χ0v) is 8.56. The molecule has 0 fully saturated rings. The highest BCUT2D eigenvalue weighted by atomic mass is 16.4. The highest BCUT2D eigenvalue weighted by Crippen LogP contribution is 2.17. The number of nitrogens with one attached hydrogen (secondary N) is 2. The first-order chi connectivity index (χ1) is 7.31. The van der Waals surface area contributed by atoms with Crippen molar-refractivity contribution in [2.75, 3.05) is 6.54 Å². The van der Waals surface area contributed by atoms with E-state index < -0.39 is 0 Å². The Morgan fingerprint density at radius 2 is 2.40 bits per heavy atom. The van der Waals surface area contributed by atoms with Crippen LogP contribution < -0.4 is 5.32 Å². The number of aromatic nitrogens is 5. The largest absolute Gasteiger partial charge is 0.417 e. The number of rotatable bonds is 4. The molecule has 0 bridgehead atoms. The van der Waals surface area contributed by atoms with Gasteiger partial charge in [0, 0.05) is 0 Å². The second kappa shape index (κ2) is 4.18. The van der Waals surface area contributed by atoms with Crippen molar-refractivity contribution >= 4 is 0 Å². The first kappa shape index (κ1) is 9.78. The molecule has 7 nitrogen and oxygen atoms in total. The van der Waals surface area contributed by atoms with Crippen LogP contribution in [-0.2, 0) is 0 Å². The molecule has 2 rings (SSSR count). The molecule has 0 saturated heterocycles. The maximum absolute atomic E-state index is 5.44. The van der Waals surface area contributed by atoms with E-state index in [4.69, 9.17) is 4.42 Å². The molecular weight excluding hydrogens is 196 g/mol. The highest BCUT2D eigenvalue weighted by Gasteiger charge is 2.14. The van der Waals surface area contributed by atoms with E-state index in [-0.39, 0.29) is 6.04 Å². The van der Waals surface area contributed by atoms with Crippen LogP contribution in [0.4, 0.5) is 0 Å². The van der Waals surface area contributed by atoms with E-state index >= 15 is 0 Å². The summed E-state index contributed by atoms with van der Waals surface area (Å²) in [4.78, 5) is 0. The highest BCUT2D eigenvalue weighted by molar-refractivity contribution is 5.42. The molecule has 0 spiro atoms. The van der Waals surface area contributed by atoms with Gasteiger partial charge in [-0.25, -0.2) is 0 Å². The van der Waals surface area contributed by atoms with Crippen molar-refractivity contribution in [1.29, 1.82) is 0 Å². The summed E-state index contributed by atoms with van der Waals surface area (Å²) in [5.41, 5.74) is 0.553. The van der Waals surface area contributed by atoms with Crippen LogP contribution >= 0.6 is 0 Å². The third-order valence-electron chi connectivity index (χ3n) is 1.96. The summed E-state index contributed by atoms with van der Waals surface area (Å²) >= 11 is 0. The van der Waals surface area contributed by atoms with E-state index in [1.165, 1.54) is 6.20 Å². The van der Waals surface area contributed by atoms with Crippen LogP contribution in [0.1, 0.15) is 25.8 Å². The standard InChI is InChI=1S/C8H12N6O/c1-3-9-5(2)7-12-13-8(15-7)6-4-10-14-11-6/h4-5,9H,3H2,1-2H3,(H,10,11,14). The third-order valence-corrected chi connectivity index (χ3v) is 1.96. The molecule has 7 heteroatoms. The lowest BCUT2D eigenvalue weighted by molar-refractivity contribution is 0.428. The van der Waals surface area contributed by atoms with Crippen LogP contribution in [0.2, 0.25) is 0 Å². The van der Waals surface area contributed by atoms with Crippen molar-refractivity contribution in [2.45, 2.75) is 19.9 Å². The van der Waals surface area contributed by atoms with Crippen LogP contribution in [0.15, 0.2) is 10.6 Å². The number of hydrogen-bond donors (Lipinski definition) is 2. The van der Waals surface area contributed by atoms with Crippen molar-refractivity contribution in [1.82, 2.24) is 30.9 Å². The monoisotopic (exact) mass is 208 g/mol. The fourth-order valence-corrected chi connectivity index (χ4v) is 1.21. The van der Waals surface area contributed by atoms with Gasteiger partial charge in [-0.3, -0.25) is 0 Å². The van der Waals surface area contributed by atoms with Crippen molar-refractivity contribution in [2.24, 2.45) is 0 Å². The number of hydrogen-bond acceptors (Lipinski definition) is 6. The summed E-state index contributed by atoms with van der Waals surface area (Å²) in [7, 11) is 0. The fourth-order valence-electron chi connectivity index (χ4n) is 1.21. The summed E-state index contributed by atoms with van der Waals surface area (Å²) < 4.78 is 5.44. The predicted octanol–water partition coefficient (Wildman–Crippen LogP) is 0.525. The molecule has 0 aliphatic rings. The molecule has 0 aliphatic heterocycles. The van der Waals surface area contributed by atoms with Crippen molar-refractivity contribution in [3.05, 3.63) is 12.1 Å². The van der Waals surface area contributed by atoms with Gasteiger partial charge in [0.25, 0.3) is 5.89 Å². The van der Waals surface area contributed by atoms with Crippen molar-refractivity contribution in [3.63, 3.8) is 0 Å². The van der Waals surface area contributed by atoms with E-state index in [9.17, 15) is 0 Å². The van der Waals surface area contributed by atoms with Crippen LogP contribution in [0.3, 0.4) is 0 Å². The Hall–Kier alpha value is -1.76. The molecule has 0 radical (unpaired) electrons. The van der Waals surface area contributed by atoms with Gasteiger partial charge < -0.3 is 9.73 Å². The Morgan fingerprint density at radius 1 is 1.53 bits per heavy atom. The average molecular weight is 208 g/mol. The zero-order chi connectivity index (χ0) is 10.7. The van der Waals surface area contributed by atoms with Gasteiger partial charge in [0.05, 0.1) is 12.2 Å². The van der Waals surface area contributed by atoms with E-state index in [0.29, 0.717) is 17.5 Å². The van der Waals surface area contributed by atoms with Crippen LogP contribution in [0.25, 0.3) is 11.6 Å². The molecule has 1 unspecified atom stereocenters. The molecule has 0 amide bonds. The Morgan fingerprint density at radius 3 is 3.07 bits per heavy atom. The van der Waals surface area contributed by atoms with Crippen LogP contribution in [0.5, 0.6) is 0 Å². The quantitative estimate of drug-likeness (QED) is 0.761. The Labute approximate surface area is 86.3 Å². The van der Waals surface area contributed by atoms with Gasteiger partial charge in [-0.2, -0.15) is 15.4 Å². The molecule has 0 saturated carbocycles. The van der Waals surface area contributed by atoms with Crippen LogP contribution in [0, 0.1) is 0 Å². The van der Waals surface area contributed by atoms with E-state index in [0.717, 1.165) is 6.54 Å². The lowest BCUT2D eigenvalue weighted by Gasteiger charge is -2.05. The zero-order valence-electron chi connectivity index (χ0n) is 8.56. The van der Waals surface area contributed by atoms with E-state index in [1.54, 1.807) is 0 Å². The summed E-state index contributed by atoms with van der Waals surface area (Å²) in [6.45, 7) is 4.83. The van der Waals surface area contributed by atoms with Gasteiger partial charge in [0.1, 0.15) is 0 Å². The second-order valence-electron chi connectivity index (χ2n) is 3.08. The Bertz CT molecular complexity index is 408. The van der Waals surface area contributed by atoms with Crippen molar-refractivity contribution < 1.29 is 4.42 Å².